The number of carbonyl (C=O) groups excluding carboxylic acids is 2. The van der Waals surface area contributed by atoms with Crippen molar-refractivity contribution in [3.05, 3.63) is 59.2 Å². The van der Waals surface area contributed by atoms with Crippen LogP contribution in [0.25, 0.3) is 0 Å². The van der Waals surface area contributed by atoms with Crippen molar-refractivity contribution < 1.29 is 9.59 Å². The first kappa shape index (κ1) is 18.4. The number of hydrogen-bond acceptors (Lipinski definition) is 4. The van der Waals surface area contributed by atoms with E-state index in [1.807, 2.05) is 13.8 Å². The molecule has 2 aromatic heterocycles. The van der Waals surface area contributed by atoms with Gasteiger partial charge in [-0.25, -0.2) is 0 Å². The molecular weight excluding hydrogens is 344 g/mol. The molecule has 0 saturated heterocycles. The Hall–Kier alpha value is -3.42. The number of anilines is 2. The van der Waals surface area contributed by atoms with Crippen LogP contribution in [0, 0.1) is 13.8 Å². The highest BCUT2D eigenvalue weighted by atomic mass is 16.2. The maximum absolute atomic E-state index is 12.6. The van der Waals surface area contributed by atoms with Crippen molar-refractivity contribution in [2.45, 2.75) is 27.3 Å². The molecule has 27 heavy (non-hydrogen) atoms. The van der Waals surface area contributed by atoms with Crippen LogP contribution in [0.4, 0.5) is 11.4 Å². The molecule has 0 saturated carbocycles. The van der Waals surface area contributed by atoms with Crippen molar-refractivity contribution >= 4 is 23.2 Å². The number of benzene rings is 1. The standard InChI is InChI=1S/C19H22N6O2/c1-5-25-16(9-10-20-25)18(26)21-14-7-6-8-15(11-14)22-19(27)17-12(2)23-24(4)13(17)3/h6-11H,5H2,1-4H3,(H,21,26)(H,22,27). The zero-order valence-electron chi connectivity index (χ0n) is 15.8. The van der Waals surface area contributed by atoms with Crippen molar-refractivity contribution in [1.82, 2.24) is 19.6 Å². The Morgan fingerprint density at radius 3 is 2.33 bits per heavy atom. The van der Waals surface area contributed by atoms with Gasteiger partial charge in [-0.05, 0) is 45.0 Å². The fraction of sp³-hybridized carbons (Fsp3) is 0.263. The zero-order valence-corrected chi connectivity index (χ0v) is 15.8. The number of hydrogen-bond donors (Lipinski definition) is 2. The summed E-state index contributed by atoms with van der Waals surface area (Å²) in [5, 5.41) is 14.1. The van der Waals surface area contributed by atoms with Crippen LogP contribution in [-0.4, -0.2) is 31.4 Å². The lowest BCUT2D eigenvalue weighted by Gasteiger charge is -2.10. The van der Waals surface area contributed by atoms with Crippen molar-refractivity contribution in [1.29, 1.82) is 0 Å². The van der Waals surface area contributed by atoms with Gasteiger partial charge in [0.15, 0.2) is 0 Å². The van der Waals surface area contributed by atoms with E-state index in [9.17, 15) is 9.59 Å². The predicted molar refractivity (Wildman–Crippen MR) is 103 cm³/mol. The van der Waals surface area contributed by atoms with Crippen LogP contribution in [0.3, 0.4) is 0 Å². The van der Waals surface area contributed by atoms with E-state index in [0.29, 0.717) is 34.9 Å². The van der Waals surface area contributed by atoms with E-state index in [1.54, 1.807) is 59.9 Å². The Labute approximate surface area is 157 Å². The number of rotatable bonds is 5. The van der Waals surface area contributed by atoms with E-state index in [2.05, 4.69) is 20.8 Å². The van der Waals surface area contributed by atoms with Crippen LogP contribution in [0.2, 0.25) is 0 Å². The fourth-order valence-corrected chi connectivity index (χ4v) is 2.94. The molecule has 0 atom stereocenters. The molecule has 2 amide bonds. The first-order valence-corrected chi connectivity index (χ1v) is 8.65. The summed E-state index contributed by atoms with van der Waals surface area (Å²) in [6.45, 7) is 6.18. The first-order valence-electron chi connectivity index (χ1n) is 8.65. The molecular formula is C19H22N6O2. The summed E-state index contributed by atoms with van der Waals surface area (Å²) in [5.41, 5.74) is 3.67. The highest BCUT2D eigenvalue weighted by molar-refractivity contribution is 6.07. The van der Waals surface area contributed by atoms with Crippen molar-refractivity contribution in [2.24, 2.45) is 7.05 Å². The van der Waals surface area contributed by atoms with Crippen LogP contribution in [0.15, 0.2) is 36.5 Å². The maximum atomic E-state index is 12.6. The second kappa shape index (κ2) is 7.45. The summed E-state index contributed by atoms with van der Waals surface area (Å²) in [7, 11) is 1.80. The van der Waals surface area contributed by atoms with Gasteiger partial charge in [-0.3, -0.25) is 19.0 Å². The van der Waals surface area contributed by atoms with Gasteiger partial charge >= 0.3 is 0 Å². The Morgan fingerprint density at radius 2 is 1.74 bits per heavy atom. The number of nitrogens with zero attached hydrogens (tertiary/aromatic N) is 4. The molecule has 0 aliphatic heterocycles. The molecule has 0 radical (unpaired) electrons. The van der Waals surface area contributed by atoms with Crippen LogP contribution in [-0.2, 0) is 13.6 Å². The molecule has 0 unspecified atom stereocenters. The predicted octanol–water partition coefficient (Wildman–Crippen LogP) is 2.76. The van der Waals surface area contributed by atoms with Crippen LogP contribution in [0.5, 0.6) is 0 Å². The van der Waals surface area contributed by atoms with Crippen LogP contribution in [0.1, 0.15) is 39.2 Å². The number of aryl methyl sites for hydroxylation is 3. The van der Waals surface area contributed by atoms with Crippen LogP contribution >= 0.6 is 0 Å². The van der Waals surface area contributed by atoms with Gasteiger partial charge in [-0.15, -0.1) is 0 Å². The number of carbonyl (C=O) groups is 2. The molecule has 8 heteroatoms. The third-order valence-electron chi connectivity index (χ3n) is 4.36. The molecule has 2 heterocycles. The van der Waals surface area contributed by atoms with E-state index < -0.39 is 0 Å². The summed E-state index contributed by atoms with van der Waals surface area (Å²) in [4.78, 5) is 25.0. The van der Waals surface area contributed by atoms with Gasteiger partial charge in [0.1, 0.15) is 5.69 Å². The Balaban J connectivity index is 1.76. The van der Waals surface area contributed by atoms with Gasteiger partial charge in [0.2, 0.25) is 0 Å². The lowest BCUT2D eigenvalue weighted by molar-refractivity contribution is 0.101. The molecule has 8 nitrogen and oxygen atoms in total. The minimum absolute atomic E-state index is 0.231. The van der Waals surface area contributed by atoms with Crippen LogP contribution < -0.4 is 10.6 Å². The molecule has 0 spiro atoms. The number of nitrogens with one attached hydrogen (secondary N) is 2. The lowest BCUT2D eigenvalue weighted by Crippen LogP contribution is -2.18. The fourth-order valence-electron chi connectivity index (χ4n) is 2.94. The SMILES string of the molecule is CCn1nccc1C(=O)Nc1cccc(NC(=O)c2c(C)nn(C)c2C)c1. The number of aromatic nitrogens is 4. The molecule has 3 rings (SSSR count). The molecule has 0 aliphatic carbocycles. The van der Waals surface area contributed by atoms with Gasteiger partial charge in [0.25, 0.3) is 11.8 Å². The highest BCUT2D eigenvalue weighted by Gasteiger charge is 2.18. The molecule has 0 fully saturated rings. The summed E-state index contributed by atoms with van der Waals surface area (Å²) in [6.07, 6.45) is 1.59. The van der Waals surface area contributed by atoms with E-state index >= 15 is 0 Å². The third-order valence-corrected chi connectivity index (χ3v) is 4.36. The molecule has 0 bridgehead atoms. The summed E-state index contributed by atoms with van der Waals surface area (Å²) in [5.74, 6) is -0.484. The monoisotopic (exact) mass is 366 g/mol. The average molecular weight is 366 g/mol. The van der Waals surface area contributed by atoms with Gasteiger partial charge in [0.05, 0.1) is 11.3 Å². The summed E-state index contributed by atoms with van der Waals surface area (Å²) < 4.78 is 3.30. The lowest BCUT2D eigenvalue weighted by atomic mass is 10.1. The minimum atomic E-state index is -0.253. The topological polar surface area (TPSA) is 93.8 Å². The van der Waals surface area contributed by atoms with Crippen molar-refractivity contribution in [2.75, 3.05) is 10.6 Å². The largest absolute Gasteiger partial charge is 0.322 e. The molecule has 0 aliphatic rings. The number of amides is 2. The second-order valence-corrected chi connectivity index (χ2v) is 6.19. The molecule has 140 valence electrons. The normalized spacial score (nSPS) is 10.7. The maximum Gasteiger partial charge on any atom is 0.273 e. The Morgan fingerprint density at radius 1 is 1.07 bits per heavy atom. The smallest absolute Gasteiger partial charge is 0.273 e. The van der Waals surface area contributed by atoms with Gasteiger partial charge in [-0.1, -0.05) is 6.07 Å². The van der Waals surface area contributed by atoms with Gasteiger partial charge < -0.3 is 10.6 Å². The van der Waals surface area contributed by atoms with E-state index in [0.717, 1.165) is 5.69 Å². The van der Waals surface area contributed by atoms with E-state index in [-0.39, 0.29) is 11.8 Å². The Kier molecular flexibility index (Phi) is 5.07. The molecule has 3 aromatic rings. The molecule has 1 aromatic carbocycles. The third kappa shape index (κ3) is 3.74. The minimum Gasteiger partial charge on any atom is -0.322 e. The average Bonchev–Trinajstić information content (AvgIpc) is 3.19. The second-order valence-electron chi connectivity index (χ2n) is 6.19. The van der Waals surface area contributed by atoms with Crippen molar-refractivity contribution in [3.63, 3.8) is 0 Å². The molecule has 2 N–H and O–H groups in total. The van der Waals surface area contributed by atoms with Crippen molar-refractivity contribution in [3.8, 4) is 0 Å². The highest BCUT2D eigenvalue weighted by Crippen LogP contribution is 2.19. The first-order chi connectivity index (χ1) is 12.9. The zero-order chi connectivity index (χ0) is 19.6. The van der Waals surface area contributed by atoms with E-state index in [1.165, 1.54) is 0 Å². The quantitative estimate of drug-likeness (QED) is 0.726. The summed E-state index contributed by atoms with van der Waals surface area (Å²) in [6, 6.07) is 8.68. The Bertz CT molecular complexity index is 1000. The summed E-state index contributed by atoms with van der Waals surface area (Å²) >= 11 is 0. The van der Waals surface area contributed by atoms with E-state index in [4.69, 9.17) is 0 Å². The van der Waals surface area contributed by atoms with Gasteiger partial charge in [0, 0.05) is 36.9 Å². The van der Waals surface area contributed by atoms with Gasteiger partial charge in [-0.2, -0.15) is 10.2 Å².